The molecule has 1 rings (SSSR count). The third-order valence-electron chi connectivity index (χ3n) is 0.800. The van der Waals surface area contributed by atoms with Crippen LogP contribution in [0.5, 0.6) is 0 Å². The Balaban J connectivity index is 2.61. The van der Waals surface area contributed by atoms with Crippen LogP contribution >= 0.6 is 0 Å². The molecule has 0 amide bonds. The van der Waals surface area contributed by atoms with Gasteiger partial charge in [0.25, 0.3) is 0 Å². The quantitative estimate of drug-likeness (QED) is 0.494. The summed E-state index contributed by atoms with van der Waals surface area (Å²) in [5.74, 6) is 0. The molecular formula is C5H5Y. The summed E-state index contributed by atoms with van der Waals surface area (Å²) in [6.07, 6.45) is 7.74. The zero-order valence-corrected chi connectivity index (χ0v) is 6.35. The van der Waals surface area contributed by atoms with E-state index in [2.05, 4.69) is 18.2 Å². The third kappa shape index (κ3) is 1.02. The molecule has 0 radical (unpaired) electrons. The van der Waals surface area contributed by atoms with E-state index in [0.29, 0.717) is 0 Å². The van der Waals surface area contributed by atoms with Gasteiger partial charge in [0.15, 0.2) is 0 Å². The van der Waals surface area contributed by atoms with Crippen LogP contribution in [0.15, 0.2) is 20.6 Å². The fourth-order valence-electron chi connectivity index (χ4n) is 0.464. The summed E-state index contributed by atoms with van der Waals surface area (Å²) in [5, 5.41) is 0. The second-order valence-corrected chi connectivity index (χ2v) is 3.20. The molecule has 6 heavy (non-hydrogen) atoms. The van der Waals surface area contributed by atoms with Crippen molar-refractivity contribution in [1.82, 2.24) is 0 Å². The summed E-state index contributed by atoms with van der Waals surface area (Å²) in [4.78, 5) is 0. The zero-order chi connectivity index (χ0) is 4.41. The Hall–Kier alpha value is 0.584. The Kier molecular flexibility index (Phi) is 1.61. The van der Waals surface area contributed by atoms with E-state index in [4.69, 9.17) is 0 Å². The molecule has 1 heteroatoms. The van der Waals surface area contributed by atoms with Gasteiger partial charge in [-0.2, -0.15) is 0 Å². The Labute approximate surface area is 57.8 Å². The predicted octanol–water partition coefficient (Wildman–Crippen LogP) is 1.38. The molecule has 28 valence electrons. The first-order chi connectivity index (χ1) is 2.89. The number of hydrogen-bond donors (Lipinski definition) is 0. The van der Waals surface area contributed by atoms with Crippen LogP contribution in [-0.2, 0) is 31.0 Å². The van der Waals surface area contributed by atoms with Gasteiger partial charge >= 0.3 is 58.0 Å². The van der Waals surface area contributed by atoms with Gasteiger partial charge in [-0.15, -0.1) is 0 Å². The van der Waals surface area contributed by atoms with Crippen LogP contribution in [0, 0.1) is 0 Å². The average molecular weight is 154 g/mol. The van der Waals surface area contributed by atoms with Crippen molar-refractivity contribution in [3.05, 3.63) is 20.6 Å². The second-order valence-electron chi connectivity index (χ2n) is 1.37. The molecule has 0 aromatic rings. The number of rotatable bonds is 0. The summed E-state index contributed by atoms with van der Waals surface area (Å²) in [6, 6.07) is 0. The molecule has 0 saturated heterocycles. The molecule has 0 fully saturated rings. The Bertz CT molecular complexity index is 101. The van der Waals surface area contributed by atoms with Crippen LogP contribution in [0.2, 0.25) is 0 Å². The fourth-order valence-corrected chi connectivity index (χ4v) is 1.07. The molecule has 0 unspecified atom stereocenters. The Morgan fingerprint density at radius 2 is 2.50 bits per heavy atom. The normalized spacial score (nSPS) is 18.2. The molecule has 0 aromatic heterocycles. The monoisotopic (exact) mass is 154 g/mol. The summed E-state index contributed by atoms with van der Waals surface area (Å²) >= 11 is 1.31. The fraction of sp³-hybridized carbons (Fsp3) is 0.200. The number of allylic oxidation sites excluding steroid dienone is 4. The first-order valence-electron chi connectivity index (χ1n) is 2.01. The van der Waals surface area contributed by atoms with Crippen molar-refractivity contribution in [2.24, 2.45) is 0 Å². The van der Waals surface area contributed by atoms with Crippen molar-refractivity contribution in [1.29, 1.82) is 0 Å². The van der Waals surface area contributed by atoms with E-state index in [1.165, 1.54) is 37.4 Å². The molecule has 0 spiro atoms. The zero-order valence-electron chi connectivity index (χ0n) is 3.52. The Morgan fingerprint density at radius 1 is 1.67 bits per heavy atom. The van der Waals surface area contributed by atoms with Gasteiger partial charge in [0.1, 0.15) is 0 Å². The molecule has 0 saturated carbocycles. The van der Waals surface area contributed by atoms with Gasteiger partial charge in [-0.05, 0) is 0 Å². The molecule has 1 aliphatic carbocycles. The van der Waals surface area contributed by atoms with Gasteiger partial charge in [-0.1, -0.05) is 0 Å². The van der Waals surface area contributed by atoms with E-state index in [1.807, 2.05) is 0 Å². The molecule has 0 N–H and O–H groups in total. The van der Waals surface area contributed by atoms with Gasteiger partial charge in [-0.25, -0.2) is 0 Å². The standard InChI is InChI=1S/C5H5.Y/c1-2-4-5-3-1;/h1-3H,4H2;. The number of hydrogen-bond acceptors (Lipinski definition) is 0. The van der Waals surface area contributed by atoms with Crippen LogP contribution in [0.3, 0.4) is 0 Å². The minimum absolute atomic E-state index is 1.22. The van der Waals surface area contributed by atoms with Crippen molar-refractivity contribution in [2.75, 3.05) is 0 Å². The van der Waals surface area contributed by atoms with Gasteiger partial charge in [-0.3, -0.25) is 0 Å². The van der Waals surface area contributed by atoms with E-state index in [0.717, 1.165) is 0 Å². The van der Waals surface area contributed by atoms with Crippen LogP contribution < -0.4 is 0 Å². The Morgan fingerprint density at radius 3 is 2.67 bits per heavy atom. The van der Waals surface area contributed by atoms with Crippen molar-refractivity contribution < 1.29 is 31.0 Å². The summed E-state index contributed by atoms with van der Waals surface area (Å²) in [7, 11) is 0. The molecule has 0 heterocycles. The summed E-state index contributed by atoms with van der Waals surface area (Å²) in [5.41, 5.74) is 0. The van der Waals surface area contributed by atoms with Gasteiger partial charge in [0, 0.05) is 0 Å². The summed E-state index contributed by atoms with van der Waals surface area (Å²) < 4.78 is 1.60. The molecule has 0 atom stereocenters. The molecule has 0 aliphatic heterocycles. The third-order valence-corrected chi connectivity index (χ3v) is 1.85. The minimum atomic E-state index is 1.22. The molecular weight excluding hydrogens is 149 g/mol. The average Bonchev–Trinajstić information content (AvgIpc) is 1.86. The topological polar surface area (TPSA) is 0 Å². The van der Waals surface area contributed by atoms with Crippen molar-refractivity contribution in [2.45, 2.75) is 6.42 Å². The molecule has 0 bridgehead atoms. The molecule has 0 aromatic carbocycles. The van der Waals surface area contributed by atoms with Gasteiger partial charge < -0.3 is 0 Å². The van der Waals surface area contributed by atoms with Crippen molar-refractivity contribution in [3.63, 3.8) is 0 Å². The van der Waals surface area contributed by atoms with Crippen LogP contribution in [-0.4, -0.2) is 0 Å². The van der Waals surface area contributed by atoms with Crippen molar-refractivity contribution in [3.8, 4) is 0 Å². The van der Waals surface area contributed by atoms with E-state index in [9.17, 15) is 0 Å². The first kappa shape index (κ1) is 4.74. The maximum atomic E-state index is 2.20. The maximum absolute atomic E-state index is 2.20. The van der Waals surface area contributed by atoms with E-state index < -0.39 is 0 Å². The van der Waals surface area contributed by atoms with Gasteiger partial charge in [0.2, 0.25) is 0 Å². The van der Waals surface area contributed by atoms with E-state index in [-0.39, 0.29) is 0 Å². The summed E-state index contributed by atoms with van der Waals surface area (Å²) in [6.45, 7) is 0. The van der Waals surface area contributed by atoms with Crippen LogP contribution in [0.4, 0.5) is 0 Å². The van der Waals surface area contributed by atoms with E-state index >= 15 is 0 Å². The van der Waals surface area contributed by atoms with E-state index in [1.54, 1.807) is 2.38 Å². The van der Waals surface area contributed by atoms with Gasteiger partial charge in [0.05, 0.1) is 0 Å². The molecule has 0 nitrogen and oxygen atoms in total. The first-order valence-corrected chi connectivity index (χ1v) is 3.42. The predicted molar refractivity (Wildman–Crippen MR) is 21.8 cm³/mol. The molecule has 1 aliphatic rings. The van der Waals surface area contributed by atoms with Crippen LogP contribution in [0.1, 0.15) is 6.42 Å². The van der Waals surface area contributed by atoms with Crippen molar-refractivity contribution >= 4 is 0 Å². The van der Waals surface area contributed by atoms with Crippen LogP contribution in [0.25, 0.3) is 0 Å². The SMILES string of the molecule is [Y][C]1=CC=CC1. The second kappa shape index (κ2) is 2.04.